The molecule has 3 aliphatic carbocycles. The van der Waals surface area contributed by atoms with E-state index in [1.807, 2.05) is 0 Å². The Hall–Kier alpha value is -5.54. The van der Waals surface area contributed by atoms with Crippen LogP contribution in [0, 0.1) is 23.1 Å². The Bertz CT molecular complexity index is 2500. The number of aliphatic hydroxyl groups is 3. The molecule has 14 atom stereocenters. The van der Waals surface area contributed by atoms with Gasteiger partial charge in [-0.15, -0.1) is 0 Å². The van der Waals surface area contributed by atoms with Crippen LogP contribution in [0.1, 0.15) is 94.7 Å². The summed E-state index contributed by atoms with van der Waals surface area (Å²) in [4.78, 5) is 62.4. The molecule has 19 heteroatoms. The number of halogens is 1. The first-order chi connectivity index (χ1) is 33.2. The first kappa shape index (κ1) is 49.4. The highest BCUT2D eigenvalue weighted by atomic mass is 19.1. The van der Waals surface area contributed by atoms with Crippen molar-refractivity contribution in [3.05, 3.63) is 107 Å². The van der Waals surface area contributed by atoms with Crippen molar-refractivity contribution in [2.45, 2.75) is 139 Å². The van der Waals surface area contributed by atoms with Gasteiger partial charge in [0.1, 0.15) is 65.0 Å². The Balaban J connectivity index is 1.18. The van der Waals surface area contributed by atoms with Crippen LogP contribution in [0.2, 0.25) is 0 Å². The minimum atomic E-state index is -2.20. The molecule has 376 valence electrons. The van der Waals surface area contributed by atoms with E-state index in [0.717, 1.165) is 11.0 Å². The third-order valence-corrected chi connectivity index (χ3v) is 14.7. The van der Waals surface area contributed by atoms with Crippen LogP contribution >= 0.6 is 0 Å². The maximum atomic E-state index is 16.1. The lowest BCUT2D eigenvalue weighted by Gasteiger charge is -2.64. The first-order valence-corrected chi connectivity index (χ1v) is 23.4. The average Bonchev–Trinajstić information content (AvgIpc) is 3.93. The van der Waals surface area contributed by atoms with E-state index < -0.39 is 138 Å². The molecule has 9 rings (SSSR count). The number of carbonyl (C=O) groups is 4. The molecule has 2 saturated carbocycles. The minimum Gasteiger partial charge on any atom is -0.497 e. The van der Waals surface area contributed by atoms with E-state index >= 15 is 9.18 Å². The van der Waals surface area contributed by atoms with E-state index in [4.69, 9.17) is 42.6 Å². The zero-order chi connectivity index (χ0) is 50.1. The Morgan fingerprint density at radius 2 is 1.70 bits per heavy atom. The van der Waals surface area contributed by atoms with Gasteiger partial charge >= 0.3 is 24.0 Å². The van der Waals surface area contributed by atoms with Gasteiger partial charge in [0.2, 0.25) is 0 Å². The zero-order valence-electron chi connectivity index (χ0n) is 39.9. The molecular weight excluding hydrogens is 916 g/mol. The summed E-state index contributed by atoms with van der Waals surface area (Å²) in [5, 5.41) is 35.0. The summed E-state index contributed by atoms with van der Waals surface area (Å²) in [6.07, 6.45) is -9.43. The molecule has 2 unspecified atom stereocenters. The number of amides is 1. The van der Waals surface area contributed by atoms with Gasteiger partial charge < -0.3 is 58.0 Å². The van der Waals surface area contributed by atoms with E-state index in [1.54, 1.807) is 95.3 Å². The van der Waals surface area contributed by atoms with Crippen LogP contribution in [0.4, 0.5) is 9.18 Å². The van der Waals surface area contributed by atoms with Crippen molar-refractivity contribution in [3.63, 3.8) is 0 Å². The number of rotatable bonds is 10. The lowest BCUT2D eigenvalue weighted by molar-refractivity contribution is -0.330. The number of nitrogens with zero attached hydrogens (tertiary/aromatic N) is 2. The average molecular weight is 975 g/mol. The van der Waals surface area contributed by atoms with Gasteiger partial charge in [-0.2, -0.15) is 0 Å². The molecule has 18 nitrogen and oxygen atoms in total. The Morgan fingerprint density at radius 3 is 2.33 bits per heavy atom. The molecule has 3 aromatic rings. The van der Waals surface area contributed by atoms with Crippen LogP contribution in [0.5, 0.6) is 5.75 Å². The number of methoxy groups -OCH3 is 1. The van der Waals surface area contributed by atoms with Crippen molar-refractivity contribution in [1.29, 1.82) is 0 Å². The molecule has 3 saturated heterocycles. The highest BCUT2D eigenvalue weighted by Gasteiger charge is 2.74. The predicted molar refractivity (Wildman–Crippen MR) is 240 cm³/mol. The molecular formula is C51H59FN2O16. The largest absolute Gasteiger partial charge is 0.497 e. The van der Waals surface area contributed by atoms with Gasteiger partial charge in [0.25, 0.3) is 0 Å². The quantitative estimate of drug-likeness (QED) is 0.137. The fourth-order valence-electron chi connectivity index (χ4n) is 11.4. The topological polar surface area (TPSA) is 228 Å². The maximum absolute atomic E-state index is 16.1. The van der Waals surface area contributed by atoms with E-state index in [2.05, 4.69) is 4.98 Å². The molecule has 0 spiro atoms. The van der Waals surface area contributed by atoms with Crippen molar-refractivity contribution in [1.82, 2.24) is 9.88 Å². The van der Waals surface area contributed by atoms with Crippen molar-refractivity contribution >= 4 is 24.0 Å². The number of hydrogen-bond donors (Lipinski definition) is 3. The van der Waals surface area contributed by atoms with Crippen LogP contribution in [-0.2, 0) is 47.5 Å². The summed E-state index contributed by atoms with van der Waals surface area (Å²) in [7, 11) is 1.48. The fourth-order valence-corrected chi connectivity index (χ4v) is 11.4. The predicted octanol–water partition coefficient (Wildman–Crippen LogP) is 5.03. The summed E-state index contributed by atoms with van der Waals surface area (Å²) < 4.78 is 72.1. The third-order valence-electron chi connectivity index (χ3n) is 14.7. The van der Waals surface area contributed by atoms with Crippen molar-refractivity contribution in [2.24, 2.45) is 17.3 Å². The van der Waals surface area contributed by atoms with Gasteiger partial charge in [-0.25, -0.2) is 18.8 Å². The Labute approximate surface area is 403 Å². The molecule has 1 aromatic heterocycles. The molecule has 2 bridgehead atoms. The van der Waals surface area contributed by atoms with Crippen LogP contribution in [-0.4, -0.2) is 135 Å². The van der Waals surface area contributed by atoms with Crippen molar-refractivity contribution in [2.75, 3.05) is 20.3 Å². The summed E-state index contributed by atoms with van der Waals surface area (Å²) in [6, 6.07) is 15.6. The minimum absolute atomic E-state index is 0.121. The lowest BCUT2D eigenvalue weighted by Crippen LogP contribution is -2.77. The number of benzene rings is 2. The Kier molecular flexibility index (Phi) is 13.1. The highest BCUT2D eigenvalue weighted by Crippen LogP contribution is 2.62. The van der Waals surface area contributed by atoms with Gasteiger partial charge in [-0.05, 0) is 87.6 Å². The highest BCUT2D eigenvalue weighted by molar-refractivity contribution is 5.89. The second kappa shape index (κ2) is 18.6. The van der Waals surface area contributed by atoms with E-state index in [-0.39, 0.29) is 17.9 Å². The summed E-state index contributed by atoms with van der Waals surface area (Å²) in [5.74, 6) is -4.66. The summed E-state index contributed by atoms with van der Waals surface area (Å²) in [5.41, 5.74) is -5.60. The Morgan fingerprint density at radius 1 is 0.971 bits per heavy atom. The molecule has 2 aromatic carbocycles. The second-order valence-electron chi connectivity index (χ2n) is 20.3. The summed E-state index contributed by atoms with van der Waals surface area (Å²) in [6.45, 7) is 8.78. The van der Waals surface area contributed by atoms with Crippen LogP contribution in [0.3, 0.4) is 0 Å². The fraction of sp³-hybridized carbons (Fsp3) is 0.549. The van der Waals surface area contributed by atoms with Crippen molar-refractivity contribution in [3.8, 4) is 5.75 Å². The third kappa shape index (κ3) is 8.51. The van der Waals surface area contributed by atoms with E-state index in [9.17, 15) is 29.7 Å². The number of hydrogen-bond acceptors (Lipinski definition) is 17. The monoisotopic (exact) mass is 974 g/mol. The molecule has 6 aliphatic rings. The number of ether oxygens (including phenoxy) is 9. The zero-order valence-corrected chi connectivity index (χ0v) is 39.9. The SMILES string of the molecule is COc1ccc([C@H]2O[C@@H](C(=O)O[C@@H]3C=C4[C@H]5O[C@@H](C(O)CO)O[C@H]5C5CC[C@H]6OC[C@@]6(OC(C)=O)[C@H]5[C@H](OC(=O)c5ccccc5)[C@](O)(C3)C4(C)C)[C@H](c3ncccc3F)N2C(=O)OC(C)(C)C)cc1. The van der Waals surface area contributed by atoms with Crippen LogP contribution < -0.4 is 4.74 Å². The molecule has 3 N–H and O–H groups in total. The lowest BCUT2D eigenvalue weighted by atomic mass is 9.49. The number of esters is 3. The number of aromatic nitrogens is 1. The smallest absolute Gasteiger partial charge is 0.413 e. The van der Waals surface area contributed by atoms with Gasteiger partial charge in [0, 0.05) is 36.4 Å². The van der Waals surface area contributed by atoms with Crippen molar-refractivity contribution < 1.29 is 81.5 Å². The number of carbonyl (C=O) groups excluding carboxylic acids is 4. The molecule has 3 aliphatic heterocycles. The number of aliphatic hydroxyl groups excluding tert-OH is 2. The number of fused-ring (bicyclic) bond motifs is 8. The molecule has 70 heavy (non-hydrogen) atoms. The van der Waals surface area contributed by atoms with Gasteiger partial charge in [-0.3, -0.25) is 14.7 Å². The molecule has 0 radical (unpaired) electrons. The molecule has 4 heterocycles. The normalized spacial score (nSPS) is 34.4. The molecule has 1 amide bonds. The molecule has 5 fully saturated rings. The van der Waals surface area contributed by atoms with Gasteiger partial charge in [-0.1, -0.05) is 44.2 Å². The summed E-state index contributed by atoms with van der Waals surface area (Å²) >= 11 is 0. The van der Waals surface area contributed by atoms with Crippen LogP contribution in [0.15, 0.2) is 84.6 Å². The standard InChI is InChI=1S/C51H59FN2O16/c1-26(56)69-50-25-63-35(50)20-19-31-36(50)42(68-44(58)28-12-9-8-10-13-28)51(61)23-30(22-32(49(51,5)6)40-39(31)66-46(67-40)34(57)24-55)64-45(59)41-38(37-33(52)14-11-21-53-37)54(47(60)70-48(2,3)4)43(65-41)27-15-17-29(62-7)18-16-27/h8-18,21-22,30-31,34-36,38-43,46,55,57,61H,19-20,23-25H2,1-7H3/t30-,31?,34?,35-,36-,38+,39+,40-,41-,42+,43-,46+,50+,51-/m1/s1. The second-order valence-corrected chi connectivity index (χ2v) is 20.3. The van der Waals surface area contributed by atoms with Crippen LogP contribution in [0.25, 0.3) is 0 Å². The first-order valence-electron chi connectivity index (χ1n) is 23.4. The van der Waals surface area contributed by atoms with E-state index in [0.29, 0.717) is 29.7 Å². The van der Waals surface area contributed by atoms with Gasteiger partial charge in [0.05, 0.1) is 32.0 Å². The number of pyridine rings is 1. The maximum Gasteiger partial charge on any atom is 0.413 e. The van der Waals surface area contributed by atoms with E-state index in [1.165, 1.54) is 26.3 Å². The van der Waals surface area contributed by atoms with Gasteiger partial charge in [0.15, 0.2) is 24.2 Å².